The van der Waals surface area contributed by atoms with Crippen molar-refractivity contribution in [3.63, 3.8) is 0 Å². The third-order valence-corrected chi connectivity index (χ3v) is 6.36. The van der Waals surface area contributed by atoms with Crippen molar-refractivity contribution in [3.8, 4) is 11.4 Å². The molecule has 8 heteroatoms. The number of aliphatic hydroxyl groups is 2. The predicted octanol–water partition coefficient (Wildman–Crippen LogP) is 3.67. The maximum absolute atomic E-state index is 10.2. The quantitative estimate of drug-likeness (QED) is 0.518. The van der Waals surface area contributed by atoms with Crippen LogP contribution in [0.2, 0.25) is 0 Å². The lowest BCUT2D eigenvalue weighted by molar-refractivity contribution is 0.0176. The van der Waals surface area contributed by atoms with E-state index in [9.17, 15) is 5.11 Å². The highest BCUT2D eigenvalue weighted by Gasteiger charge is 2.45. The first kappa shape index (κ1) is 26.1. The molecule has 0 aliphatic carbocycles. The number of aromatic nitrogens is 3. The van der Waals surface area contributed by atoms with Gasteiger partial charge in [0.05, 0.1) is 7.85 Å². The van der Waals surface area contributed by atoms with E-state index in [2.05, 4.69) is 71.1 Å². The van der Waals surface area contributed by atoms with Crippen LogP contribution < -0.4 is 0 Å². The van der Waals surface area contributed by atoms with E-state index < -0.39 is 5.60 Å². The van der Waals surface area contributed by atoms with Gasteiger partial charge in [-0.3, -0.25) is 4.98 Å². The van der Waals surface area contributed by atoms with Crippen LogP contribution >= 0.6 is 0 Å². The van der Waals surface area contributed by atoms with Crippen LogP contribution in [0.15, 0.2) is 47.2 Å². The summed E-state index contributed by atoms with van der Waals surface area (Å²) in [4.78, 5) is 11.1. The van der Waals surface area contributed by atoms with E-state index in [1.54, 1.807) is 20.0 Å². The van der Waals surface area contributed by atoms with Crippen LogP contribution in [-0.2, 0) is 5.60 Å². The molecule has 2 N–H and O–H groups in total. The molecule has 1 aromatic carbocycles. The van der Waals surface area contributed by atoms with Crippen molar-refractivity contribution < 1.29 is 14.7 Å². The van der Waals surface area contributed by atoms with E-state index in [1.165, 1.54) is 11.1 Å². The Kier molecular flexibility index (Phi) is 7.96. The fourth-order valence-corrected chi connectivity index (χ4v) is 4.68. The Hall–Kier alpha value is -2.55. The molecule has 0 amide bonds. The molecule has 1 atom stereocenters. The van der Waals surface area contributed by atoms with E-state index in [0.29, 0.717) is 18.2 Å². The first-order valence-electron chi connectivity index (χ1n) is 11.6. The summed E-state index contributed by atoms with van der Waals surface area (Å²) in [6, 6.07) is 11.0. The zero-order valence-electron chi connectivity index (χ0n) is 21.0. The largest absolute Gasteiger partial charge is 0.400 e. The number of hydrogen-bond donors (Lipinski definition) is 2. The summed E-state index contributed by atoms with van der Waals surface area (Å²) in [5, 5.41) is 21.2. The number of benzene rings is 1. The van der Waals surface area contributed by atoms with Crippen LogP contribution in [0.1, 0.15) is 69.0 Å². The van der Waals surface area contributed by atoms with Gasteiger partial charge in [0.15, 0.2) is 0 Å². The molecule has 1 unspecified atom stereocenters. The second-order valence-electron chi connectivity index (χ2n) is 10.1. The summed E-state index contributed by atoms with van der Waals surface area (Å²) in [6.45, 7) is 11.8. The number of aliphatic hydroxyl groups excluding tert-OH is 1. The van der Waals surface area contributed by atoms with Gasteiger partial charge in [0.2, 0.25) is 5.82 Å². The van der Waals surface area contributed by atoms with Gasteiger partial charge in [0, 0.05) is 49.5 Å². The summed E-state index contributed by atoms with van der Waals surface area (Å²) >= 11 is 0. The summed E-state index contributed by atoms with van der Waals surface area (Å²) in [7, 11) is 6.89. The van der Waals surface area contributed by atoms with Crippen LogP contribution in [0.4, 0.5) is 0 Å². The molecular weight excluding hydrogens is 427 g/mol. The van der Waals surface area contributed by atoms with Gasteiger partial charge in [-0.1, -0.05) is 50.2 Å². The number of hydrogen-bond acceptors (Lipinski definition) is 7. The summed E-state index contributed by atoms with van der Waals surface area (Å²) in [5.74, 6) is 1.25. The van der Waals surface area contributed by atoms with Gasteiger partial charge in [-0.15, -0.1) is 0 Å². The van der Waals surface area contributed by atoms with Crippen molar-refractivity contribution in [2.24, 2.45) is 5.41 Å². The summed E-state index contributed by atoms with van der Waals surface area (Å²) in [5.41, 5.74) is 3.31. The van der Waals surface area contributed by atoms with Crippen LogP contribution in [0, 0.1) is 5.41 Å². The Morgan fingerprint density at radius 2 is 1.71 bits per heavy atom. The Morgan fingerprint density at radius 1 is 1.09 bits per heavy atom. The maximum Gasteiger partial charge on any atom is 0.258 e. The predicted molar refractivity (Wildman–Crippen MR) is 134 cm³/mol. The number of rotatable bonds is 7. The lowest BCUT2D eigenvalue weighted by Crippen LogP contribution is -2.57. The van der Waals surface area contributed by atoms with Crippen molar-refractivity contribution in [1.82, 2.24) is 20.0 Å². The van der Waals surface area contributed by atoms with Gasteiger partial charge >= 0.3 is 0 Å². The monoisotopic (exact) mass is 462 g/mol. The maximum atomic E-state index is 10.2. The smallest absolute Gasteiger partial charge is 0.258 e. The molecule has 4 rings (SSSR count). The molecular formula is C26H35BN4O3. The Labute approximate surface area is 203 Å². The highest BCUT2D eigenvalue weighted by Crippen LogP contribution is 2.47. The summed E-state index contributed by atoms with van der Waals surface area (Å²) < 4.78 is 5.27. The molecule has 0 saturated carbocycles. The molecule has 1 saturated heterocycles. The first-order valence-corrected chi connectivity index (χ1v) is 11.6. The minimum absolute atomic E-state index is 0.0362. The molecule has 0 spiro atoms. The Morgan fingerprint density at radius 3 is 2.24 bits per heavy atom. The number of pyridine rings is 1. The van der Waals surface area contributed by atoms with Crippen molar-refractivity contribution in [3.05, 3.63) is 65.3 Å². The fourth-order valence-electron chi connectivity index (χ4n) is 4.68. The van der Waals surface area contributed by atoms with Crippen molar-refractivity contribution in [2.75, 3.05) is 26.6 Å². The molecule has 7 nitrogen and oxygen atoms in total. The van der Waals surface area contributed by atoms with Gasteiger partial charge in [0.1, 0.15) is 5.60 Å². The van der Waals surface area contributed by atoms with E-state index in [0.717, 1.165) is 31.3 Å². The van der Waals surface area contributed by atoms with Gasteiger partial charge < -0.3 is 19.6 Å². The molecule has 0 bridgehead atoms. The molecule has 180 valence electrons. The third kappa shape index (κ3) is 5.40. The summed E-state index contributed by atoms with van der Waals surface area (Å²) in [6.07, 6.45) is 4.23. The van der Waals surface area contributed by atoms with E-state index >= 15 is 0 Å². The molecule has 2 radical (unpaired) electrons. The SMILES string of the molecule is CO.[B]CN1CC(C)(C(c2ccc(C(C)C)cc2)c2cncc(-c3noc(C(C)(C)O)n3)c2)C1. The van der Waals surface area contributed by atoms with Gasteiger partial charge in [-0.2, -0.15) is 4.98 Å². The highest BCUT2D eigenvalue weighted by atomic mass is 16.5. The van der Waals surface area contributed by atoms with Crippen LogP contribution in [-0.4, -0.2) is 64.7 Å². The molecule has 2 aromatic heterocycles. The van der Waals surface area contributed by atoms with Crippen molar-refractivity contribution >= 4 is 7.85 Å². The number of likely N-dealkylation sites (tertiary alicyclic amines) is 1. The first-order chi connectivity index (χ1) is 16.1. The fraction of sp³-hybridized carbons (Fsp3) is 0.500. The highest BCUT2D eigenvalue weighted by molar-refractivity contribution is 6.08. The third-order valence-electron chi connectivity index (χ3n) is 6.36. The molecule has 1 fully saturated rings. The Balaban J connectivity index is 0.00000158. The number of nitrogens with zero attached hydrogens (tertiary/aromatic N) is 4. The average molecular weight is 462 g/mol. The molecule has 3 aromatic rings. The van der Waals surface area contributed by atoms with Crippen LogP contribution in [0.3, 0.4) is 0 Å². The van der Waals surface area contributed by atoms with Crippen molar-refractivity contribution in [1.29, 1.82) is 0 Å². The van der Waals surface area contributed by atoms with Gasteiger partial charge in [-0.25, -0.2) is 0 Å². The van der Waals surface area contributed by atoms with Crippen LogP contribution in [0.5, 0.6) is 0 Å². The zero-order chi connectivity index (χ0) is 25.1. The lowest BCUT2D eigenvalue weighted by Gasteiger charge is -2.53. The van der Waals surface area contributed by atoms with E-state index in [4.69, 9.17) is 17.5 Å². The van der Waals surface area contributed by atoms with Crippen molar-refractivity contribution in [2.45, 2.75) is 52.1 Å². The van der Waals surface area contributed by atoms with Crippen LogP contribution in [0.25, 0.3) is 11.4 Å². The van der Waals surface area contributed by atoms with Gasteiger partial charge in [0.25, 0.3) is 5.89 Å². The zero-order valence-corrected chi connectivity index (χ0v) is 21.0. The standard InChI is InChI=1S/C25H31BN4O2.CH4O/c1-16(2)17-6-8-18(9-7-17)21(25(5)13-30(14-25)15-26)19-10-20(12-27-11-19)22-28-23(32-29-22)24(3,4)31;1-2/h6-12,16,21,31H,13-15H2,1-5H3;2H,1H3. The second-order valence-corrected chi connectivity index (χ2v) is 10.1. The lowest BCUT2D eigenvalue weighted by atomic mass is 9.65. The molecule has 3 heterocycles. The molecule has 34 heavy (non-hydrogen) atoms. The minimum Gasteiger partial charge on any atom is -0.400 e. The topological polar surface area (TPSA) is 95.5 Å². The van der Waals surface area contributed by atoms with E-state index in [-0.39, 0.29) is 17.2 Å². The minimum atomic E-state index is -1.19. The van der Waals surface area contributed by atoms with E-state index in [1.807, 2.05) is 6.20 Å². The van der Waals surface area contributed by atoms with Gasteiger partial charge in [-0.05, 0) is 49.0 Å². The molecule has 1 aliphatic heterocycles. The Bertz CT molecular complexity index is 1070. The normalized spacial score (nSPS) is 16.5. The average Bonchev–Trinajstić information content (AvgIpc) is 3.30. The molecule has 1 aliphatic rings. The second kappa shape index (κ2) is 10.4.